The lowest BCUT2D eigenvalue weighted by Crippen LogP contribution is -2.53. The fourth-order valence-electron chi connectivity index (χ4n) is 6.10. The van der Waals surface area contributed by atoms with Gasteiger partial charge >= 0.3 is 5.69 Å². The molecular formula is C36H43N5O8. The maximum absolute atomic E-state index is 13.2. The van der Waals surface area contributed by atoms with Crippen LogP contribution < -0.4 is 37.5 Å². The Bertz CT molecular complexity index is 1730. The molecule has 1 aliphatic heterocycles. The van der Waals surface area contributed by atoms with Gasteiger partial charge < -0.3 is 40.8 Å². The number of hydrogen-bond acceptors (Lipinski definition) is 10. The number of amides is 1. The van der Waals surface area contributed by atoms with E-state index in [1.54, 1.807) is 14.2 Å². The molecule has 2 unspecified atom stereocenters. The molecule has 7 N–H and O–H groups in total. The van der Waals surface area contributed by atoms with E-state index >= 15 is 0 Å². The first kappa shape index (κ1) is 35.5. The Morgan fingerprint density at radius 3 is 2.08 bits per heavy atom. The van der Waals surface area contributed by atoms with Crippen LogP contribution in [0.5, 0.6) is 11.5 Å². The number of rotatable bonds is 15. The lowest BCUT2D eigenvalue weighted by atomic mass is 9.80. The third-order valence-corrected chi connectivity index (χ3v) is 8.75. The highest BCUT2D eigenvalue weighted by atomic mass is 16.6. The molecule has 1 aromatic heterocycles. The molecule has 13 nitrogen and oxygen atoms in total. The number of carbonyl (C=O) groups is 1. The number of aromatic amines is 1. The number of nitrogens with zero attached hydrogens (tertiary/aromatic N) is 1. The zero-order chi connectivity index (χ0) is 35.0. The lowest BCUT2D eigenvalue weighted by molar-refractivity contribution is -0.124. The van der Waals surface area contributed by atoms with Crippen LogP contribution >= 0.6 is 0 Å². The molecule has 0 radical (unpaired) electrons. The minimum absolute atomic E-state index is 0.183. The highest BCUT2D eigenvalue weighted by Gasteiger charge is 2.48. The van der Waals surface area contributed by atoms with Crippen molar-refractivity contribution in [1.29, 1.82) is 0 Å². The SMILES string of the molecule is COc1ccc(C(OC[C@@H]2O[C@H](n3ccc(=O)[nH]c3=O)C(NC(=O)[C@@H](N)CCCCN)C2O)(c2ccccc2)c2ccc(OC)cc2)cc1. The number of aliphatic hydroxyl groups is 1. The number of aromatic nitrogens is 2. The molecule has 13 heteroatoms. The van der Waals surface area contributed by atoms with Gasteiger partial charge in [-0.05, 0) is 60.3 Å². The van der Waals surface area contributed by atoms with Crippen LogP contribution in [-0.2, 0) is 19.9 Å². The minimum Gasteiger partial charge on any atom is -0.497 e. The average Bonchev–Trinajstić information content (AvgIpc) is 3.43. The zero-order valence-electron chi connectivity index (χ0n) is 27.5. The van der Waals surface area contributed by atoms with Crippen molar-refractivity contribution >= 4 is 5.91 Å². The van der Waals surface area contributed by atoms with Crippen molar-refractivity contribution in [2.24, 2.45) is 11.5 Å². The van der Waals surface area contributed by atoms with Crippen molar-refractivity contribution in [3.8, 4) is 11.5 Å². The van der Waals surface area contributed by atoms with Crippen LogP contribution in [-0.4, -0.2) is 72.2 Å². The molecule has 0 bridgehead atoms. The smallest absolute Gasteiger partial charge is 0.330 e. The molecule has 4 aromatic rings. The number of nitrogens with one attached hydrogen (secondary N) is 2. The number of benzene rings is 3. The van der Waals surface area contributed by atoms with Gasteiger partial charge in [0.25, 0.3) is 5.56 Å². The summed E-state index contributed by atoms with van der Waals surface area (Å²) in [6.07, 6.45) is -0.590. The molecule has 1 amide bonds. The fraction of sp³-hybridized carbons (Fsp3) is 0.361. The van der Waals surface area contributed by atoms with E-state index in [1.165, 1.54) is 6.20 Å². The van der Waals surface area contributed by atoms with Gasteiger partial charge in [0.1, 0.15) is 35.3 Å². The van der Waals surface area contributed by atoms with Gasteiger partial charge in [0.2, 0.25) is 5.91 Å². The van der Waals surface area contributed by atoms with E-state index in [1.807, 2.05) is 78.9 Å². The van der Waals surface area contributed by atoms with E-state index in [9.17, 15) is 19.5 Å². The summed E-state index contributed by atoms with van der Waals surface area (Å²) in [5.74, 6) is 0.789. The van der Waals surface area contributed by atoms with Crippen LogP contribution in [0.4, 0.5) is 0 Å². The van der Waals surface area contributed by atoms with E-state index in [2.05, 4.69) is 10.3 Å². The molecule has 5 atom stereocenters. The van der Waals surface area contributed by atoms with Gasteiger partial charge in [-0.3, -0.25) is 19.1 Å². The monoisotopic (exact) mass is 673 g/mol. The predicted molar refractivity (Wildman–Crippen MR) is 182 cm³/mol. The highest BCUT2D eigenvalue weighted by molar-refractivity contribution is 5.81. The second-order valence-electron chi connectivity index (χ2n) is 11.8. The highest BCUT2D eigenvalue weighted by Crippen LogP contribution is 2.42. The number of ether oxygens (including phenoxy) is 4. The molecule has 49 heavy (non-hydrogen) atoms. The summed E-state index contributed by atoms with van der Waals surface area (Å²) < 4.78 is 25.2. The normalized spacial score (nSPS) is 19.7. The number of unbranched alkanes of at least 4 members (excludes halogenated alkanes) is 1. The van der Waals surface area contributed by atoms with Gasteiger partial charge in [0.15, 0.2) is 6.23 Å². The molecule has 260 valence electrons. The Kier molecular flexibility index (Phi) is 11.6. The largest absolute Gasteiger partial charge is 0.497 e. The van der Waals surface area contributed by atoms with Crippen molar-refractivity contribution < 1.29 is 28.8 Å². The summed E-state index contributed by atoms with van der Waals surface area (Å²) in [7, 11) is 3.18. The Morgan fingerprint density at radius 2 is 1.53 bits per heavy atom. The molecule has 1 fully saturated rings. The van der Waals surface area contributed by atoms with Crippen LogP contribution in [0.15, 0.2) is 101 Å². The van der Waals surface area contributed by atoms with Gasteiger partial charge in [0, 0.05) is 12.3 Å². The third-order valence-electron chi connectivity index (χ3n) is 8.75. The summed E-state index contributed by atoms with van der Waals surface area (Å²) in [5.41, 5.74) is 11.5. The van der Waals surface area contributed by atoms with Gasteiger partial charge in [-0.1, -0.05) is 61.0 Å². The standard InChI is InChI=1S/C36H43N5O8/c1-46-26-15-11-24(12-16-26)36(23-8-4-3-5-9-23,25-13-17-27(47-2)18-14-25)48-22-29-32(43)31(40-33(44)28(38)10-6-7-20-37)34(49-29)41-21-19-30(42)39-35(41)45/h3-5,8-9,11-19,21,28-29,31-32,34,43H,6-7,10,20,22,37-38H2,1-2H3,(H,40,44)(H,39,42,45)/t28-,29-,31?,32?,34-/m0/s1. The molecule has 1 saturated heterocycles. The van der Waals surface area contributed by atoms with Crippen LogP contribution in [0.3, 0.4) is 0 Å². The zero-order valence-corrected chi connectivity index (χ0v) is 27.5. The number of hydrogen-bond donors (Lipinski definition) is 5. The predicted octanol–water partition coefficient (Wildman–Crippen LogP) is 1.76. The number of methoxy groups -OCH3 is 2. The number of nitrogens with two attached hydrogens (primary N) is 2. The average molecular weight is 674 g/mol. The molecule has 0 saturated carbocycles. The fourth-order valence-corrected chi connectivity index (χ4v) is 6.10. The van der Waals surface area contributed by atoms with E-state index in [0.29, 0.717) is 37.3 Å². The van der Waals surface area contributed by atoms with Crippen molar-refractivity contribution in [3.05, 3.63) is 129 Å². The van der Waals surface area contributed by atoms with E-state index in [0.717, 1.165) is 27.3 Å². The van der Waals surface area contributed by atoms with Gasteiger partial charge in [-0.25, -0.2) is 4.79 Å². The lowest BCUT2D eigenvalue weighted by Gasteiger charge is -2.37. The summed E-state index contributed by atoms with van der Waals surface area (Å²) >= 11 is 0. The molecule has 1 aliphatic rings. The Hall–Kier alpha value is -4.79. The second-order valence-corrected chi connectivity index (χ2v) is 11.8. The summed E-state index contributed by atoms with van der Waals surface area (Å²) in [5, 5.41) is 14.5. The van der Waals surface area contributed by atoms with E-state index in [4.69, 9.17) is 30.4 Å². The quantitative estimate of drug-likeness (QED) is 0.0917. The summed E-state index contributed by atoms with van der Waals surface area (Å²) in [4.78, 5) is 40.2. The Labute approximate surface area is 283 Å². The van der Waals surface area contributed by atoms with E-state index in [-0.39, 0.29) is 6.61 Å². The third kappa shape index (κ3) is 7.77. The van der Waals surface area contributed by atoms with E-state index < -0.39 is 53.3 Å². The first-order valence-electron chi connectivity index (χ1n) is 16.1. The Balaban J connectivity index is 1.53. The molecule has 3 aromatic carbocycles. The maximum atomic E-state index is 13.2. The molecule has 0 aliphatic carbocycles. The van der Waals surface area contributed by atoms with Crippen LogP contribution in [0.25, 0.3) is 0 Å². The van der Waals surface area contributed by atoms with Crippen molar-refractivity contribution in [1.82, 2.24) is 14.9 Å². The Morgan fingerprint density at radius 1 is 0.939 bits per heavy atom. The molecule has 5 rings (SSSR count). The molecule has 2 heterocycles. The van der Waals surface area contributed by atoms with Crippen molar-refractivity contribution in [2.75, 3.05) is 27.4 Å². The summed E-state index contributed by atoms with van der Waals surface area (Å²) in [6, 6.07) is 23.7. The van der Waals surface area contributed by atoms with Gasteiger partial charge in [-0.15, -0.1) is 0 Å². The first-order valence-corrected chi connectivity index (χ1v) is 16.1. The van der Waals surface area contributed by atoms with Crippen molar-refractivity contribution in [2.45, 2.75) is 55.4 Å². The topological polar surface area (TPSA) is 193 Å². The number of carbonyl (C=O) groups excluding carboxylic acids is 1. The first-order chi connectivity index (χ1) is 23.7. The van der Waals surface area contributed by atoms with Crippen molar-refractivity contribution in [3.63, 3.8) is 0 Å². The maximum Gasteiger partial charge on any atom is 0.330 e. The molecular weight excluding hydrogens is 630 g/mol. The number of H-pyrrole nitrogens is 1. The number of aliphatic hydroxyl groups excluding tert-OH is 1. The molecule has 0 spiro atoms. The van der Waals surface area contributed by atoms with Gasteiger partial charge in [-0.2, -0.15) is 0 Å². The van der Waals surface area contributed by atoms with Gasteiger partial charge in [0.05, 0.1) is 26.9 Å². The second kappa shape index (κ2) is 16.1. The summed E-state index contributed by atoms with van der Waals surface area (Å²) in [6.45, 7) is 0.289. The minimum atomic E-state index is -1.34. The van der Waals surface area contributed by atoms with Crippen LogP contribution in [0.1, 0.15) is 42.2 Å². The van der Waals surface area contributed by atoms with Crippen LogP contribution in [0.2, 0.25) is 0 Å². The van der Waals surface area contributed by atoms with Crippen LogP contribution in [0, 0.1) is 0 Å².